The molecule has 0 aromatic carbocycles. The van der Waals surface area contributed by atoms with E-state index >= 15 is 0 Å². The Balaban J connectivity index is 2.22. The lowest BCUT2D eigenvalue weighted by Crippen LogP contribution is -2.60. The minimum Gasteiger partial charge on any atom is -0.394 e. The lowest BCUT2D eigenvalue weighted by molar-refractivity contribution is -0.302. The van der Waals surface area contributed by atoms with Crippen LogP contribution in [-0.2, 0) is 14.3 Å². The van der Waals surface area contributed by atoms with Gasteiger partial charge in [-0.15, -0.1) is 0 Å². The fraction of sp³-hybridized carbons (Fsp3) is 0.907. The van der Waals surface area contributed by atoms with Crippen LogP contribution in [0.3, 0.4) is 0 Å². The van der Waals surface area contributed by atoms with Gasteiger partial charge in [0.05, 0.1) is 25.4 Å². The van der Waals surface area contributed by atoms with E-state index in [-0.39, 0.29) is 12.5 Å². The Labute approximate surface area is 388 Å². The maximum absolute atomic E-state index is 13.0. The summed E-state index contributed by atoms with van der Waals surface area (Å²) >= 11 is 0. The number of hydrogen-bond donors (Lipinski definition) is 6. The van der Waals surface area contributed by atoms with Gasteiger partial charge in [0.15, 0.2) is 6.29 Å². The zero-order valence-electron chi connectivity index (χ0n) is 41.1. The van der Waals surface area contributed by atoms with E-state index in [9.17, 15) is 30.3 Å². The highest BCUT2D eigenvalue weighted by atomic mass is 16.7. The number of allylic oxidation sites excluding steroid dienone is 3. The molecule has 0 bridgehead atoms. The van der Waals surface area contributed by atoms with Gasteiger partial charge in [0.1, 0.15) is 24.4 Å². The first kappa shape index (κ1) is 59.7. The summed E-state index contributed by atoms with van der Waals surface area (Å²) in [5.41, 5.74) is 0. The van der Waals surface area contributed by atoms with Crippen molar-refractivity contribution in [1.29, 1.82) is 0 Å². The number of amides is 1. The summed E-state index contributed by atoms with van der Waals surface area (Å²) in [6.07, 6.45) is 48.0. The van der Waals surface area contributed by atoms with Crippen LogP contribution < -0.4 is 5.32 Å². The van der Waals surface area contributed by atoms with Crippen LogP contribution in [-0.4, -0.2) is 87.5 Å². The lowest BCUT2D eigenvalue weighted by atomic mass is 9.99. The number of carbonyl (C=O) groups excluding carboxylic acids is 1. The second-order valence-corrected chi connectivity index (χ2v) is 19.0. The average molecular weight is 894 g/mol. The van der Waals surface area contributed by atoms with Crippen LogP contribution in [0.15, 0.2) is 24.3 Å². The molecule has 9 nitrogen and oxygen atoms in total. The molecule has 0 radical (unpaired) electrons. The number of rotatable bonds is 46. The maximum atomic E-state index is 13.0. The number of aliphatic hydroxyl groups is 5. The molecule has 7 atom stereocenters. The average Bonchev–Trinajstić information content (AvgIpc) is 3.28. The lowest BCUT2D eigenvalue weighted by Gasteiger charge is -2.40. The Morgan fingerprint density at radius 3 is 1.29 bits per heavy atom. The molecule has 63 heavy (non-hydrogen) atoms. The number of aliphatic hydroxyl groups excluding tert-OH is 5. The molecule has 1 heterocycles. The van der Waals surface area contributed by atoms with Crippen LogP contribution in [0.5, 0.6) is 0 Å². The second kappa shape index (κ2) is 44.5. The van der Waals surface area contributed by atoms with E-state index < -0.39 is 49.5 Å². The summed E-state index contributed by atoms with van der Waals surface area (Å²) in [5.74, 6) is -0.174. The Bertz CT molecular complexity index is 1040. The van der Waals surface area contributed by atoms with E-state index in [1.165, 1.54) is 199 Å². The predicted molar refractivity (Wildman–Crippen MR) is 263 cm³/mol. The van der Waals surface area contributed by atoms with Crippen LogP contribution in [0, 0.1) is 0 Å². The van der Waals surface area contributed by atoms with Crippen molar-refractivity contribution in [2.24, 2.45) is 0 Å². The molecule has 0 aliphatic carbocycles. The zero-order valence-corrected chi connectivity index (χ0v) is 41.1. The van der Waals surface area contributed by atoms with E-state index in [2.05, 4.69) is 31.3 Å². The van der Waals surface area contributed by atoms with Crippen LogP contribution in [0.4, 0.5) is 0 Å². The molecule has 6 N–H and O–H groups in total. The van der Waals surface area contributed by atoms with Crippen molar-refractivity contribution in [1.82, 2.24) is 5.32 Å². The topological polar surface area (TPSA) is 149 Å². The van der Waals surface area contributed by atoms with Gasteiger partial charge in [-0.3, -0.25) is 4.79 Å². The molecule has 1 aliphatic heterocycles. The van der Waals surface area contributed by atoms with Gasteiger partial charge in [-0.2, -0.15) is 0 Å². The van der Waals surface area contributed by atoms with Crippen LogP contribution in [0.2, 0.25) is 0 Å². The number of nitrogens with one attached hydrogen (secondary N) is 1. The summed E-state index contributed by atoms with van der Waals surface area (Å²) in [6.45, 7) is 3.80. The SMILES string of the molecule is CCCCCCCCCC/C=C\CCCCCCCCCCCCCCCC(=O)NC(COC1OC(CO)C(O)C(O)C1O)C(O)/C=C/CCCCCCCCCCCCCCC. The highest BCUT2D eigenvalue weighted by Gasteiger charge is 2.44. The third-order valence-electron chi connectivity index (χ3n) is 13.0. The number of carbonyl (C=O) groups is 1. The molecule has 1 amide bonds. The Morgan fingerprint density at radius 1 is 0.524 bits per heavy atom. The summed E-state index contributed by atoms with van der Waals surface area (Å²) in [4.78, 5) is 13.0. The summed E-state index contributed by atoms with van der Waals surface area (Å²) in [5, 5.41) is 54.4. The van der Waals surface area contributed by atoms with Crippen LogP contribution in [0.1, 0.15) is 258 Å². The number of unbranched alkanes of at least 4 members (excludes halogenated alkanes) is 34. The molecule has 1 rings (SSSR count). The van der Waals surface area contributed by atoms with Gasteiger partial charge in [-0.05, 0) is 44.9 Å². The van der Waals surface area contributed by atoms with Crippen molar-refractivity contribution in [2.75, 3.05) is 13.2 Å². The van der Waals surface area contributed by atoms with Crippen molar-refractivity contribution in [3.05, 3.63) is 24.3 Å². The summed E-state index contributed by atoms with van der Waals surface area (Å²) < 4.78 is 11.2. The van der Waals surface area contributed by atoms with Crippen molar-refractivity contribution < 1.29 is 39.8 Å². The molecule has 1 saturated heterocycles. The molecule has 1 aliphatic rings. The van der Waals surface area contributed by atoms with Gasteiger partial charge >= 0.3 is 0 Å². The number of ether oxygens (including phenoxy) is 2. The van der Waals surface area contributed by atoms with Gasteiger partial charge in [0.25, 0.3) is 0 Å². The monoisotopic (exact) mass is 894 g/mol. The normalized spacial score (nSPS) is 20.3. The fourth-order valence-corrected chi connectivity index (χ4v) is 8.68. The molecular formula is C54H103NO8. The summed E-state index contributed by atoms with van der Waals surface area (Å²) in [6, 6.07) is -0.802. The molecule has 372 valence electrons. The highest BCUT2D eigenvalue weighted by Crippen LogP contribution is 2.23. The molecule has 0 aromatic rings. The quantitative estimate of drug-likeness (QED) is 0.0261. The van der Waals surface area contributed by atoms with Gasteiger partial charge in [0, 0.05) is 6.42 Å². The molecule has 7 unspecified atom stereocenters. The van der Waals surface area contributed by atoms with Gasteiger partial charge in [-0.25, -0.2) is 0 Å². The maximum Gasteiger partial charge on any atom is 0.220 e. The van der Waals surface area contributed by atoms with E-state index in [0.717, 1.165) is 38.5 Å². The zero-order chi connectivity index (χ0) is 45.9. The van der Waals surface area contributed by atoms with Crippen molar-refractivity contribution in [3.63, 3.8) is 0 Å². The smallest absolute Gasteiger partial charge is 0.220 e. The standard InChI is InChI=1S/C54H103NO8/c1-3-5-7-9-11-13-15-17-19-20-21-22-23-24-25-26-27-28-30-32-34-36-38-40-42-44-50(58)55-47(46-62-54-53(61)52(60)51(59)49(45-56)63-54)48(57)43-41-39-37-35-33-31-29-18-16-14-12-10-8-6-4-2/h20-21,41,43,47-49,51-54,56-57,59-61H,3-19,22-40,42,44-46H2,1-2H3,(H,55,58)/b21-20-,43-41+. The van der Waals surface area contributed by atoms with E-state index in [1.807, 2.05) is 6.08 Å². The van der Waals surface area contributed by atoms with E-state index in [4.69, 9.17) is 9.47 Å². The second-order valence-electron chi connectivity index (χ2n) is 19.0. The van der Waals surface area contributed by atoms with E-state index in [0.29, 0.717) is 6.42 Å². The van der Waals surface area contributed by atoms with E-state index in [1.54, 1.807) is 6.08 Å². The molecule has 0 spiro atoms. The van der Waals surface area contributed by atoms with Gasteiger partial charge in [0.2, 0.25) is 5.91 Å². The largest absolute Gasteiger partial charge is 0.394 e. The number of hydrogen-bond acceptors (Lipinski definition) is 8. The Morgan fingerprint density at radius 2 is 0.889 bits per heavy atom. The fourth-order valence-electron chi connectivity index (χ4n) is 8.68. The summed E-state index contributed by atoms with van der Waals surface area (Å²) in [7, 11) is 0. The third kappa shape index (κ3) is 34.6. The third-order valence-corrected chi connectivity index (χ3v) is 13.0. The molecule has 1 fully saturated rings. The minimum atomic E-state index is -1.56. The van der Waals surface area contributed by atoms with Crippen LogP contribution >= 0.6 is 0 Å². The van der Waals surface area contributed by atoms with Crippen molar-refractivity contribution in [2.45, 2.75) is 301 Å². The highest BCUT2D eigenvalue weighted by molar-refractivity contribution is 5.76. The Kier molecular flexibility index (Phi) is 42.2. The minimum absolute atomic E-state index is 0.174. The van der Waals surface area contributed by atoms with Crippen molar-refractivity contribution >= 4 is 5.91 Å². The first-order valence-electron chi connectivity index (χ1n) is 27.1. The predicted octanol–water partition coefficient (Wildman–Crippen LogP) is 12.6. The first-order valence-corrected chi connectivity index (χ1v) is 27.1. The molecular weight excluding hydrogens is 791 g/mol. The van der Waals surface area contributed by atoms with Gasteiger partial charge in [-0.1, -0.05) is 231 Å². The Hall–Kier alpha value is -1.33. The molecule has 0 aromatic heterocycles. The van der Waals surface area contributed by atoms with Gasteiger partial charge < -0.3 is 40.3 Å². The van der Waals surface area contributed by atoms with Crippen LogP contribution in [0.25, 0.3) is 0 Å². The first-order chi connectivity index (χ1) is 30.8. The molecule has 9 heteroatoms. The van der Waals surface area contributed by atoms with Crippen molar-refractivity contribution in [3.8, 4) is 0 Å². The molecule has 0 saturated carbocycles.